The molecule has 0 aliphatic carbocycles. The molecular formula is C14H21N5O2S. The van der Waals surface area contributed by atoms with Gasteiger partial charge in [-0.3, -0.25) is 0 Å². The first-order valence-corrected chi connectivity index (χ1v) is 8.08. The number of rotatable bonds is 6. The Labute approximate surface area is 133 Å². The molecule has 22 heavy (non-hydrogen) atoms. The molecule has 0 unspecified atom stereocenters. The highest BCUT2D eigenvalue weighted by atomic mass is 32.1. The van der Waals surface area contributed by atoms with E-state index in [2.05, 4.69) is 32.7 Å². The summed E-state index contributed by atoms with van der Waals surface area (Å²) in [5.41, 5.74) is 1.06. The Morgan fingerprint density at radius 1 is 1.32 bits per heavy atom. The predicted octanol–water partition coefficient (Wildman–Crippen LogP) is 2.44. The Balaban J connectivity index is 1.79. The molecule has 2 rings (SSSR count). The van der Waals surface area contributed by atoms with E-state index in [1.807, 2.05) is 13.8 Å². The van der Waals surface area contributed by atoms with Crippen LogP contribution >= 0.6 is 11.3 Å². The van der Waals surface area contributed by atoms with Crippen molar-refractivity contribution in [2.75, 3.05) is 6.54 Å². The third-order valence-corrected chi connectivity index (χ3v) is 4.40. The molecule has 0 fully saturated rings. The summed E-state index contributed by atoms with van der Waals surface area (Å²) >= 11 is 1.67. The molecule has 7 nitrogen and oxygen atoms in total. The number of aryl methyl sites for hydroxylation is 3. The van der Waals surface area contributed by atoms with Crippen LogP contribution in [0.3, 0.4) is 0 Å². The van der Waals surface area contributed by atoms with E-state index in [1.54, 1.807) is 18.3 Å². The van der Waals surface area contributed by atoms with E-state index in [0.29, 0.717) is 24.7 Å². The molecule has 0 aliphatic heterocycles. The lowest BCUT2D eigenvalue weighted by atomic mass is 10.2. The number of amides is 2. The van der Waals surface area contributed by atoms with Gasteiger partial charge in [-0.1, -0.05) is 12.1 Å². The Hall–Kier alpha value is -1.96. The number of nitrogens with one attached hydrogen (secondary N) is 2. The third kappa shape index (κ3) is 4.27. The summed E-state index contributed by atoms with van der Waals surface area (Å²) in [6.07, 6.45) is 1.42. The summed E-state index contributed by atoms with van der Waals surface area (Å²) in [5.74, 6) is 0.992. The van der Waals surface area contributed by atoms with Crippen LogP contribution in [0.1, 0.15) is 46.7 Å². The molecule has 0 spiro atoms. The summed E-state index contributed by atoms with van der Waals surface area (Å²) in [6, 6.07) is -0.485. The standard InChI is InChI=1S/C14H21N5O2S/c1-5-11(13-17-10(4)21-19-13)18-14(20)15-7-6-12-16-8(2)9(3)22-12/h11H,5-7H2,1-4H3,(H2,15,18,20)/t11-/m1/s1. The normalized spacial score (nSPS) is 12.2. The zero-order chi connectivity index (χ0) is 16.1. The van der Waals surface area contributed by atoms with E-state index >= 15 is 0 Å². The molecule has 1 atom stereocenters. The van der Waals surface area contributed by atoms with Crippen LogP contribution in [0.5, 0.6) is 0 Å². The van der Waals surface area contributed by atoms with Gasteiger partial charge >= 0.3 is 6.03 Å². The van der Waals surface area contributed by atoms with Crippen molar-refractivity contribution >= 4 is 17.4 Å². The second-order valence-electron chi connectivity index (χ2n) is 5.03. The van der Waals surface area contributed by atoms with Gasteiger partial charge in [0.1, 0.15) is 0 Å². The van der Waals surface area contributed by atoms with Crippen molar-refractivity contribution < 1.29 is 9.32 Å². The minimum absolute atomic E-state index is 0.237. The maximum absolute atomic E-state index is 11.9. The zero-order valence-corrected chi connectivity index (χ0v) is 14.1. The number of nitrogens with zero attached hydrogens (tertiary/aromatic N) is 3. The molecule has 2 heterocycles. The van der Waals surface area contributed by atoms with E-state index in [1.165, 1.54) is 4.88 Å². The predicted molar refractivity (Wildman–Crippen MR) is 83.9 cm³/mol. The van der Waals surface area contributed by atoms with Crippen LogP contribution in [0.15, 0.2) is 4.52 Å². The minimum Gasteiger partial charge on any atom is -0.340 e. The van der Waals surface area contributed by atoms with Gasteiger partial charge in [-0.15, -0.1) is 11.3 Å². The number of aromatic nitrogens is 3. The second-order valence-corrected chi connectivity index (χ2v) is 6.32. The van der Waals surface area contributed by atoms with Crippen LogP contribution in [0.25, 0.3) is 0 Å². The molecule has 0 saturated carbocycles. The molecule has 2 aromatic rings. The SMILES string of the molecule is CC[C@@H](NC(=O)NCCc1nc(C)c(C)s1)c1noc(C)n1. The molecule has 0 radical (unpaired) electrons. The van der Waals surface area contributed by atoms with Crippen LogP contribution in [-0.4, -0.2) is 27.7 Å². The number of carbonyl (C=O) groups excluding carboxylic acids is 1. The number of urea groups is 1. The first-order chi connectivity index (χ1) is 10.5. The lowest BCUT2D eigenvalue weighted by Crippen LogP contribution is -2.39. The molecule has 120 valence electrons. The molecule has 2 aromatic heterocycles. The highest BCUT2D eigenvalue weighted by molar-refractivity contribution is 7.11. The van der Waals surface area contributed by atoms with Crippen LogP contribution in [-0.2, 0) is 6.42 Å². The lowest BCUT2D eigenvalue weighted by molar-refractivity contribution is 0.236. The molecule has 2 amide bonds. The van der Waals surface area contributed by atoms with Crippen molar-refractivity contribution in [1.29, 1.82) is 0 Å². The van der Waals surface area contributed by atoms with Crippen LogP contribution in [0.2, 0.25) is 0 Å². The van der Waals surface area contributed by atoms with E-state index in [0.717, 1.165) is 17.1 Å². The van der Waals surface area contributed by atoms with Gasteiger partial charge in [0, 0.05) is 24.8 Å². The maximum atomic E-state index is 11.9. The quantitative estimate of drug-likeness (QED) is 0.851. The van der Waals surface area contributed by atoms with Crippen LogP contribution < -0.4 is 10.6 Å². The van der Waals surface area contributed by atoms with Gasteiger partial charge in [-0.2, -0.15) is 4.98 Å². The fourth-order valence-electron chi connectivity index (χ4n) is 1.94. The average Bonchev–Trinajstić information content (AvgIpc) is 3.03. The van der Waals surface area contributed by atoms with Gasteiger partial charge in [0.05, 0.1) is 16.7 Å². The summed E-state index contributed by atoms with van der Waals surface area (Å²) in [5, 5.41) is 10.6. The van der Waals surface area contributed by atoms with Crippen molar-refractivity contribution in [2.24, 2.45) is 0 Å². The number of hydrogen-bond donors (Lipinski definition) is 2. The first kappa shape index (κ1) is 16.4. The molecule has 8 heteroatoms. The summed E-state index contributed by atoms with van der Waals surface area (Å²) in [4.78, 5) is 21.7. The van der Waals surface area contributed by atoms with Crippen LogP contribution in [0, 0.1) is 20.8 Å². The minimum atomic E-state index is -0.248. The summed E-state index contributed by atoms with van der Waals surface area (Å²) in [7, 11) is 0. The molecular weight excluding hydrogens is 302 g/mol. The van der Waals surface area contributed by atoms with Crippen molar-refractivity contribution in [2.45, 2.75) is 46.6 Å². The Morgan fingerprint density at radius 3 is 2.64 bits per heavy atom. The smallest absolute Gasteiger partial charge is 0.315 e. The fourth-order valence-corrected chi connectivity index (χ4v) is 2.88. The van der Waals surface area contributed by atoms with Crippen molar-refractivity contribution in [1.82, 2.24) is 25.8 Å². The monoisotopic (exact) mass is 323 g/mol. The maximum Gasteiger partial charge on any atom is 0.315 e. The van der Waals surface area contributed by atoms with Crippen LogP contribution in [0.4, 0.5) is 4.79 Å². The molecule has 0 bridgehead atoms. The summed E-state index contributed by atoms with van der Waals surface area (Å²) in [6.45, 7) is 8.27. The Morgan fingerprint density at radius 2 is 2.09 bits per heavy atom. The first-order valence-electron chi connectivity index (χ1n) is 7.27. The highest BCUT2D eigenvalue weighted by Gasteiger charge is 2.17. The van der Waals surface area contributed by atoms with Gasteiger partial charge in [-0.25, -0.2) is 9.78 Å². The molecule has 0 saturated heterocycles. The number of hydrogen-bond acceptors (Lipinski definition) is 6. The van der Waals surface area contributed by atoms with Gasteiger partial charge in [0.2, 0.25) is 5.89 Å². The van der Waals surface area contributed by atoms with Crippen molar-refractivity contribution in [3.05, 3.63) is 27.3 Å². The van der Waals surface area contributed by atoms with E-state index in [9.17, 15) is 4.79 Å². The zero-order valence-electron chi connectivity index (χ0n) is 13.3. The van der Waals surface area contributed by atoms with E-state index in [4.69, 9.17) is 4.52 Å². The average molecular weight is 323 g/mol. The molecule has 0 aliphatic rings. The van der Waals surface area contributed by atoms with Gasteiger partial charge < -0.3 is 15.2 Å². The van der Waals surface area contributed by atoms with E-state index in [-0.39, 0.29) is 12.1 Å². The fraction of sp³-hybridized carbons (Fsp3) is 0.571. The summed E-state index contributed by atoms with van der Waals surface area (Å²) < 4.78 is 4.94. The van der Waals surface area contributed by atoms with E-state index < -0.39 is 0 Å². The van der Waals surface area contributed by atoms with Crippen molar-refractivity contribution in [3.63, 3.8) is 0 Å². The molecule has 0 aromatic carbocycles. The van der Waals surface area contributed by atoms with Gasteiger partial charge in [0.15, 0.2) is 5.82 Å². The Bertz CT molecular complexity index is 617. The van der Waals surface area contributed by atoms with Gasteiger partial charge in [-0.05, 0) is 20.3 Å². The Kier molecular flexibility index (Phi) is 5.48. The number of thiazole rings is 1. The number of carbonyl (C=O) groups is 1. The largest absolute Gasteiger partial charge is 0.340 e. The molecule has 2 N–H and O–H groups in total. The second kappa shape index (κ2) is 7.35. The lowest BCUT2D eigenvalue weighted by Gasteiger charge is -2.13. The van der Waals surface area contributed by atoms with Gasteiger partial charge in [0.25, 0.3) is 0 Å². The third-order valence-electron chi connectivity index (χ3n) is 3.27. The topological polar surface area (TPSA) is 92.9 Å². The van der Waals surface area contributed by atoms with Crippen molar-refractivity contribution in [3.8, 4) is 0 Å². The highest BCUT2D eigenvalue weighted by Crippen LogP contribution is 2.16.